The first kappa shape index (κ1) is 18.2. The maximum atomic E-state index is 12.3. The lowest BCUT2D eigenvalue weighted by Gasteiger charge is -2.09. The standard InChI is InChI=1S/C19H21N3O3S/c1-15(23)21-17-7-9-18(10-8-17)26(24,25)20-12-4-13-22-14-11-16-5-2-3-6-19(16)22/h2-3,5-11,14,20H,4,12-13H2,1H3,(H,21,23). The van der Waals surface area contributed by atoms with E-state index in [1.165, 1.54) is 24.4 Å². The first-order valence-corrected chi connectivity index (χ1v) is 9.85. The molecule has 26 heavy (non-hydrogen) atoms. The number of anilines is 1. The normalized spacial score (nSPS) is 11.6. The van der Waals surface area contributed by atoms with Gasteiger partial charge in [-0.15, -0.1) is 0 Å². The molecule has 2 aromatic carbocycles. The van der Waals surface area contributed by atoms with Crippen molar-refractivity contribution in [2.45, 2.75) is 24.8 Å². The van der Waals surface area contributed by atoms with E-state index < -0.39 is 10.0 Å². The van der Waals surface area contributed by atoms with Crippen LogP contribution in [0.4, 0.5) is 5.69 Å². The topological polar surface area (TPSA) is 80.2 Å². The van der Waals surface area contributed by atoms with Crippen LogP contribution in [0.5, 0.6) is 0 Å². The summed E-state index contributed by atoms with van der Waals surface area (Å²) in [6.07, 6.45) is 2.70. The van der Waals surface area contributed by atoms with Crippen molar-refractivity contribution < 1.29 is 13.2 Å². The molecule has 0 saturated heterocycles. The fourth-order valence-electron chi connectivity index (χ4n) is 2.80. The number of para-hydroxylation sites is 1. The molecule has 0 radical (unpaired) electrons. The summed E-state index contributed by atoms with van der Waals surface area (Å²) in [5, 5.41) is 3.78. The van der Waals surface area contributed by atoms with Crippen LogP contribution in [0.3, 0.4) is 0 Å². The molecule has 0 aliphatic rings. The van der Waals surface area contributed by atoms with E-state index in [0.29, 0.717) is 18.7 Å². The zero-order valence-electron chi connectivity index (χ0n) is 14.5. The van der Waals surface area contributed by atoms with Crippen molar-refractivity contribution in [3.05, 3.63) is 60.8 Å². The number of nitrogens with one attached hydrogen (secondary N) is 2. The average molecular weight is 371 g/mol. The van der Waals surface area contributed by atoms with Gasteiger partial charge >= 0.3 is 0 Å². The fourth-order valence-corrected chi connectivity index (χ4v) is 3.87. The number of amides is 1. The van der Waals surface area contributed by atoms with Gasteiger partial charge in [0, 0.05) is 37.4 Å². The quantitative estimate of drug-likeness (QED) is 0.627. The molecule has 0 aliphatic carbocycles. The smallest absolute Gasteiger partial charge is 0.240 e. The van der Waals surface area contributed by atoms with E-state index in [9.17, 15) is 13.2 Å². The molecule has 136 valence electrons. The number of aryl methyl sites for hydroxylation is 1. The van der Waals surface area contributed by atoms with Crippen molar-refractivity contribution >= 4 is 32.5 Å². The van der Waals surface area contributed by atoms with E-state index in [4.69, 9.17) is 0 Å². The van der Waals surface area contributed by atoms with Crippen LogP contribution in [-0.4, -0.2) is 25.4 Å². The van der Waals surface area contributed by atoms with E-state index in [-0.39, 0.29) is 10.8 Å². The molecule has 0 unspecified atom stereocenters. The Labute approximate surface area is 152 Å². The maximum absolute atomic E-state index is 12.3. The molecular formula is C19H21N3O3S. The molecule has 6 nitrogen and oxygen atoms in total. The van der Waals surface area contributed by atoms with Crippen molar-refractivity contribution in [3.63, 3.8) is 0 Å². The summed E-state index contributed by atoms with van der Waals surface area (Å²) in [6, 6.07) is 16.2. The minimum absolute atomic E-state index is 0.179. The number of nitrogens with zero attached hydrogens (tertiary/aromatic N) is 1. The molecule has 0 saturated carbocycles. The molecule has 0 aliphatic heterocycles. The highest BCUT2D eigenvalue weighted by atomic mass is 32.2. The maximum Gasteiger partial charge on any atom is 0.240 e. The monoisotopic (exact) mass is 371 g/mol. The zero-order valence-corrected chi connectivity index (χ0v) is 15.3. The second kappa shape index (κ2) is 7.72. The van der Waals surface area contributed by atoms with Gasteiger partial charge < -0.3 is 9.88 Å². The van der Waals surface area contributed by atoms with Gasteiger partial charge in [-0.1, -0.05) is 18.2 Å². The van der Waals surface area contributed by atoms with E-state index in [1.54, 1.807) is 12.1 Å². The summed E-state index contributed by atoms with van der Waals surface area (Å²) < 4.78 is 29.4. The number of carbonyl (C=O) groups excluding carboxylic acids is 1. The Balaban J connectivity index is 1.55. The van der Waals surface area contributed by atoms with Gasteiger partial charge in [0.05, 0.1) is 4.90 Å². The first-order valence-electron chi connectivity index (χ1n) is 8.37. The van der Waals surface area contributed by atoms with Gasteiger partial charge in [-0.25, -0.2) is 13.1 Å². The SMILES string of the molecule is CC(=O)Nc1ccc(S(=O)(=O)NCCCn2ccc3ccccc32)cc1. The highest BCUT2D eigenvalue weighted by molar-refractivity contribution is 7.89. The third-order valence-electron chi connectivity index (χ3n) is 4.03. The fraction of sp³-hybridized carbons (Fsp3) is 0.211. The molecule has 0 atom stereocenters. The van der Waals surface area contributed by atoms with Crippen LogP contribution in [0.1, 0.15) is 13.3 Å². The Morgan fingerprint density at radius 1 is 1.04 bits per heavy atom. The predicted molar refractivity (Wildman–Crippen MR) is 102 cm³/mol. The number of rotatable bonds is 7. The minimum Gasteiger partial charge on any atom is -0.347 e. The van der Waals surface area contributed by atoms with Crippen LogP contribution in [0, 0.1) is 0 Å². The Morgan fingerprint density at radius 3 is 2.50 bits per heavy atom. The van der Waals surface area contributed by atoms with Crippen LogP contribution >= 0.6 is 0 Å². The highest BCUT2D eigenvalue weighted by Crippen LogP contribution is 2.16. The van der Waals surface area contributed by atoms with Crippen molar-refractivity contribution in [1.29, 1.82) is 0 Å². The van der Waals surface area contributed by atoms with Crippen molar-refractivity contribution in [2.24, 2.45) is 0 Å². The Bertz CT molecular complexity index is 1010. The van der Waals surface area contributed by atoms with Crippen LogP contribution in [0.15, 0.2) is 65.7 Å². The minimum atomic E-state index is -3.56. The Kier molecular flexibility index (Phi) is 5.39. The molecule has 1 amide bonds. The van der Waals surface area contributed by atoms with Crippen LogP contribution in [0.25, 0.3) is 10.9 Å². The van der Waals surface area contributed by atoms with Gasteiger partial charge in [-0.05, 0) is 48.2 Å². The van der Waals surface area contributed by atoms with Crippen LogP contribution < -0.4 is 10.0 Å². The molecule has 0 bridgehead atoms. The number of hydrogen-bond donors (Lipinski definition) is 2. The summed E-state index contributed by atoms with van der Waals surface area (Å²) >= 11 is 0. The van der Waals surface area contributed by atoms with Crippen molar-refractivity contribution in [3.8, 4) is 0 Å². The number of carbonyl (C=O) groups is 1. The number of fused-ring (bicyclic) bond motifs is 1. The lowest BCUT2D eigenvalue weighted by atomic mass is 10.2. The zero-order chi connectivity index (χ0) is 18.6. The third kappa shape index (κ3) is 4.30. The largest absolute Gasteiger partial charge is 0.347 e. The third-order valence-corrected chi connectivity index (χ3v) is 5.51. The lowest BCUT2D eigenvalue weighted by molar-refractivity contribution is -0.114. The molecule has 7 heteroatoms. The molecule has 3 aromatic rings. The van der Waals surface area contributed by atoms with Gasteiger partial charge in [-0.3, -0.25) is 4.79 Å². The van der Waals surface area contributed by atoms with Crippen LogP contribution in [0.2, 0.25) is 0 Å². The molecule has 3 rings (SSSR count). The van der Waals surface area contributed by atoms with Gasteiger partial charge in [0.25, 0.3) is 0 Å². The van der Waals surface area contributed by atoms with E-state index in [2.05, 4.69) is 32.8 Å². The Hall–Kier alpha value is -2.64. The summed E-state index contributed by atoms with van der Waals surface area (Å²) in [7, 11) is -3.56. The van der Waals surface area contributed by atoms with Crippen LogP contribution in [-0.2, 0) is 21.4 Å². The molecule has 0 fully saturated rings. The number of hydrogen-bond acceptors (Lipinski definition) is 3. The lowest BCUT2D eigenvalue weighted by Crippen LogP contribution is -2.25. The first-order chi connectivity index (χ1) is 12.5. The highest BCUT2D eigenvalue weighted by Gasteiger charge is 2.13. The number of benzene rings is 2. The van der Waals surface area contributed by atoms with E-state index in [0.717, 1.165) is 12.1 Å². The molecule has 0 spiro atoms. The molecular weight excluding hydrogens is 350 g/mol. The summed E-state index contributed by atoms with van der Waals surface area (Å²) in [6.45, 7) is 2.49. The van der Waals surface area contributed by atoms with Crippen molar-refractivity contribution in [2.75, 3.05) is 11.9 Å². The van der Waals surface area contributed by atoms with Gasteiger partial charge in [-0.2, -0.15) is 0 Å². The summed E-state index contributed by atoms with van der Waals surface area (Å²) in [4.78, 5) is 11.2. The van der Waals surface area contributed by atoms with Gasteiger partial charge in [0.15, 0.2) is 0 Å². The Morgan fingerprint density at radius 2 is 1.77 bits per heavy atom. The van der Waals surface area contributed by atoms with E-state index >= 15 is 0 Å². The average Bonchev–Trinajstić information content (AvgIpc) is 3.02. The molecule has 2 N–H and O–H groups in total. The second-order valence-electron chi connectivity index (χ2n) is 6.02. The van der Waals surface area contributed by atoms with E-state index in [1.807, 2.05) is 18.3 Å². The summed E-state index contributed by atoms with van der Waals surface area (Å²) in [5.41, 5.74) is 1.71. The second-order valence-corrected chi connectivity index (χ2v) is 7.79. The summed E-state index contributed by atoms with van der Waals surface area (Å²) in [5.74, 6) is -0.198. The predicted octanol–water partition coefficient (Wildman–Crippen LogP) is 2.97. The van der Waals surface area contributed by atoms with Crippen molar-refractivity contribution in [1.82, 2.24) is 9.29 Å². The van der Waals surface area contributed by atoms with Gasteiger partial charge in [0.1, 0.15) is 0 Å². The van der Waals surface area contributed by atoms with Gasteiger partial charge in [0.2, 0.25) is 15.9 Å². The molecule has 1 heterocycles. The number of aromatic nitrogens is 1. The number of sulfonamides is 1. The molecule has 1 aromatic heterocycles.